The highest BCUT2D eigenvalue weighted by Gasteiger charge is 2.05. The Kier molecular flexibility index (Phi) is 5.96. The summed E-state index contributed by atoms with van der Waals surface area (Å²) < 4.78 is 0. The molecule has 0 aliphatic rings. The Morgan fingerprint density at radius 2 is 1.73 bits per heavy atom. The molecule has 2 aromatic carbocycles. The molecule has 2 nitrogen and oxygen atoms in total. The summed E-state index contributed by atoms with van der Waals surface area (Å²) in [6.45, 7) is 6.38. The Bertz CT molecular complexity index is 650. The van der Waals surface area contributed by atoms with Crippen LogP contribution in [0.1, 0.15) is 36.5 Å². The number of unbranched alkanes of at least 4 members (excludes halogenated alkanes) is 1. The normalized spacial score (nSPS) is 10.3. The van der Waals surface area contributed by atoms with Crippen LogP contribution in [0.3, 0.4) is 0 Å². The van der Waals surface area contributed by atoms with E-state index in [0.29, 0.717) is 5.11 Å². The number of nitrogens with one attached hydrogen (secondary N) is 2. The molecule has 0 fully saturated rings. The van der Waals surface area contributed by atoms with E-state index in [0.717, 1.165) is 17.8 Å². The molecule has 0 radical (unpaired) electrons. The number of aryl methyl sites for hydroxylation is 3. The number of thiocarbonyl (C=S) groups is 1. The van der Waals surface area contributed by atoms with E-state index in [1.807, 2.05) is 6.07 Å². The zero-order chi connectivity index (χ0) is 15.9. The number of hydrogen-bond acceptors (Lipinski definition) is 1. The van der Waals surface area contributed by atoms with E-state index in [1.54, 1.807) is 0 Å². The smallest absolute Gasteiger partial charge is 0.175 e. The van der Waals surface area contributed by atoms with Crippen molar-refractivity contribution in [2.24, 2.45) is 0 Å². The minimum absolute atomic E-state index is 0.637. The second kappa shape index (κ2) is 7.95. The summed E-state index contributed by atoms with van der Waals surface area (Å²) in [6.07, 6.45) is 3.46. The summed E-state index contributed by atoms with van der Waals surface area (Å²) in [7, 11) is 0. The average Bonchev–Trinajstić information content (AvgIpc) is 2.50. The predicted octanol–water partition coefficient (Wildman–Crippen LogP) is 5.45. The van der Waals surface area contributed by atoms with Crippen LogP contribution in [0.5, 0.6) is 0 Å². The molecule has 0 saturated heterocycles. The highest BCUT2D eigenvalue weighted by atomic mass is 32.1. The van der Waals surface area contributed by atoms with Gasteiger partial charge in [-0.3, -0.25) is 0 Å². The van der Waals surface area contributed by atoms with Gasteiger partial charge in [-0.05, 0) is 67.7 Å². The fourth-order valence-corrected chi connectivity index (χ4v) is 2.59. The lowest BCUT2D eigenvalue weighted by Crippen LogP contribution is -2.20. The third-order valence-corrected chi connectivity index (χ3v) is 3.91. The molecule has 2 N–H and O–H groups in total. The maximum absolute atomic E-state index is 5.47. The van der Waals surface area contributed by atoms with Crippen LogP contribution in [0.15, 0.2) is 42.5 Å². The zero-order valence-electron chi connectivity index (χ0n) is 13.6. The molecule has 0 amide bonds. The Labute approximate surface area is 139 Å². The van der Waals surface area contributed by atoms with Crippen molar-refractivity contribution in [3.8, 4) is 0 Å². The van der Waals surface area contributed by atoms with E-state index in [4.69, 9.17) is 12.2 Å². The fraction of sp³-hybridized carbons (Fsp3) is 0.316. The second-order valence-electron chi connectivity index (χ2n) is 5.66. The topological polar surface area (TPSA) is 24.1 Å². The number of hydrogen-bond donors (Lipinski definition) is 2. The van der Waals surface area contributed by atoms with Gasteiger partial charge in [0, 0.05) is 11.4 Å². The third kappa shape index (κ3) is 4.57. The van der Waals surface area contributed by atoms with Gasteiger partial charge < -0.3 is 10.6 Å². The molecule has 116 valence electrons. The van der Waals surface area contributed by atoms with Crippen LogP contribution >= 0.6 is 12.2 Å². The monoisotopic (exact) mass is 312 g/mol. The molecule has 0 unspecified atom stereocenters. The molecule has 0 aliphatic carbocycles. The van der Waals surface area contributed by atoms with Crippen LogP contribution in [0.2, 0.25) is 0 Å². The van der Waals surface area contributed by atoms with Gasteiger partial charge in [0.05, 0.1) is 0 Å². The molecule has 0 atom stereocenters. The first kappa shape index (κ1) is 16.5. The van der Waals surface area contributed by atoms with E-state index >= 15 is 0 Å². The lowest BCUT2D eigenvalue weighted by Gasteiger charge is -2.15. The van der Waals surface area contributed by atoms with Crippen LogP contribution in [-0.4, -0.2) is 5.11 Å². The number of para-hydroxylation sites is 1. The summed E-state index contributed by atoms with van der Waals surface area (Å²) in [5.74, 6) is 0. The highest BCUT2D eigenvalue weighted by molar-refractivity contribution is 7.80. The first-order valence-corrected chi connectivity index (χ1v) is 8.24. The van der Waals surface area contributed by atoms with Crippen molar-refractivity contribution in [1.29, 1.82) is 0 Å². The fourth-order valence-electron chi connectivity index (χ4n) is 2.37. The number of rotatable bonds is 5. The lowest BCUT2D eigenvalue weighted by molar-refractivity contribution is 0.796. The quantitative estimate of drug-likeness (QED) is 0.717. The van der Waals surface area contributed by atoms with Crippen molar-refractivity contribution < 1.29 is 0 Å². The minimum atomic E-state index is 0.637. The van der Waals surface area contributed by atoms with Crippen molar-refractivity contribution in [3.05, 3.63) is 59.2 Å². The van der Waals surface area contributed by atoms with E-state index < -0.39 is 0 Å². The number of anilines is 2. The number of benzene rings is 2. The van der Waals surface area contributed by atoms with E-state index in [1.165, 1.54) is 29.5 Å². The molecular formula is C19H24N2S. The molecule has 0 heterocycles. The minimum Gasteiger partial charge on any atom is -0.332 e. The second-order valence-corrected chi connectivity index (χ2v) is 6.07. The standard InChI is InChI=1S/C19H24N2S/c1-4-5-8-16-9-6-7-10-17(16)20-19(22)21-18-13-14(2)11-12-15(18)3/h6-7,9-13H,4-5,8H2,1-3H3,(H2,20,21,22). The Morgan fingerprint density at radius 1 is 1.00 bits per heavy atom. The Balaban J connectivity index is 2.07. The van der Waals surface area contributed by atoms with Gasteiger partial charge in [-0.2, -0.15) is 0 Å². The molecular weight excluding hydrogens is 288 g/mol. The average molecular weight is 312 g/mol. The molecule has 0 aliphatic heterocycles. The van der Waals surface area contributed by atoms with Gasteiger partial charge in [0.15, 0.2) is 5.11 Å². The van der Waals surface area contributed by atoms with Crippen LogP contribution in [0.4, 0.5) is 11.4 Å². The molecule has 0 saturated carbocycles. The Hall–Kier alpha value is -1.87. The first-order valence-electron chi connectivity index (χ1n) is 7.83. The van der Waals surface area contributed by atoms with Crippen LogP contribution in [0, 0.1) is 13.8 Å². The molecule has 2 aromatic rings. The summed E-state index contributed by atoms with van der Waals surface area (Å²) in [6, 6.07) is 14.7. The van der Waals surface area contributed by atoms with Gasteiger partial charge in [0.2, 0.25) is 0 Å². The SMILES string of the molecule is CCCCc1ccccc1NC(=S)Nc1cc(C)ccc1C. The van der Waals surface area contributed by atoms with Crippen molar-refractivity contribution in [3.63, 3.8) is 0 Å². The molecule has 0 spiro atoms. The molecule has 22 heavy (non-hydrogen) atoms. The van der Waals surface area contributed by atoms with Gasteiger partial charge in [-0.15, -0.1) is 0 Å². The van der Waals surface area contributed by atoms with E-state index in [-0.39, 0.29) is 0 Å². The molecule has 2 rings (SSSR count). The van der Waals surface area contributed by atoms with Crippen molar-refractivity contribution in [1.82, 2.24) is 0 Å². The van der Waals surface area contributed by atoms with Crippen molar-refractivity contribution >= 4 is 28.7 Å². The molecule has 3 heteroatoms. The first-order chi connectivity index (χ1) is 10.6. The summed E-state index contributed by atoms with van der Waals surface area (Å²) in [5, 5.41) is 7.27. The van der Waals surface area contributed by atoms with E-state index in [9.17, 15) is 0 Å². The predicted molar refractivity (Wildman–Crippen MR) is 101 cm³/mol. The summed E-state index contributed by atoms with van der Waals surface area (Å²) in [5.41, 5.74) is 5.88. The maximum Gasteiger partial charge on any atom is 0.175 e. The van der Waals surface area contributed by atoms with Crippen molar-refractivity contribution in [2.45, 2.75) is 40.0 Å². The van der Waals surface area contributed by atoms with Crippen LogP contribution in [-0.2, 0) is 6.42 Å². The largest absolute Gasteiger partial charge is 0.332 e. The maximum atomic E-state index is 5.47. The summed E-state index contributed by atoms with van der Waals surface area (Å²) >= 11 is 5.47. The zero-order valence-corrected chi connectivity index (χ0v) is 14.4. The van der Waals surface area contributed by atoms with E-state index in [2.05, 4.69) is 67.8 Å². The summed E-state index contributed by atoms with van der Waals surface area (Å²) in [4.78, 5) is 0. The van der Waals surface area contributed by atoms with Crippen LogP contribution in [0.25, 0.3) is 0 Å². The Morgan fingerprint density at radius 3 is 2.50 bits per heavy atom. The molecule has 0 bridgehead atoms. The third-order valence-electron chi connectivity index (χ3n) is 3.71. The highest BCUT2D eigenvalue weighted by Crippen LogP contribution is 2.20. The van der Waals surface area contributed by atoms with Gasteiger partial charge in [-0.1, -0.05) is 43.7 Å². The molecule has 0 aromatic heterocycles. The van der Waals surface area contributed by atoms with Gasteiger partial charge in [-0.25, -0.2) is 0 Å². The van der Waals surface area contributed by atoms with Gasteiger partial charge in [0.25, 0.3) is 0 Å². The van der Waals surface area contributed by atoms with Gasteiger partial charge in [0.1, 0.15) is 0 Å². The van der Waals surface area contributed by atoms with Crippen molar-refractivity contribution in [2.75, 3.05) is 10.6 Å². The lowest BCUT2D eigenvalue weighted by atomic mass is 10.1. The van der Waals surface area contributed by atoms with Gasteiger partial charge >= 0.3 is 0 Å². The van der Waals surface area contributed by atoms with Crippen LogP contribution < -0.4 is 10.6 Å².